The summed E-state index contributed by atoms with van der Waals surface area (Å²) in [5, 5.41) is 0.849. The van der Waals surface area contributed by atoms with Crippen molar-refractivity contribution >= 4 is 44.6 Å². The first-order chi connectivity index (χ1) is 39.5. The minimum Gasteiger partial charge on any atom is -0.493 e. The Morgan fingerprint density at radius 2 is 1.14 bits per heavy atom. The van der Waals surface area contributed by atoms with Gasteiger partial charge >= 0.3 is 0 Å². The maximum absolute atomic E-state index is 9.35. The third-order valence-electron chi connectivity index (χ3n) is 11.8. The Labute approximate surface area is 429 Å². The molecule has 8 aromatic carbocycles. The van der Waals surface area contributed by atoms with Gasteiger partial charge in [-0.15, -0.1) is 17.7 Å². The molecule has 0 spiro atoms. The number of fused-ring (bicyclic) bond motifs is 4. The minimum atomic E-state index is -0.915. The largest absolute Gasteiger partial charge is 0.493 e. The molecule has 0 saturated carbocycles. The second-order valence-electron chi connectivity index (χ2n) is 17.2. The van der Waals surface area contributed by atoms with Gasteiger partial charge < -0.3 is 14.4 Å². The number of hydrogen-bond acceptors (Lipinski definition) is 3. The molecule has 0 fully saturated rings. The van der Waals surface area contributed by atoms with E-state index in [2.05, 4.69) is 32.9 Å². The summed E-state index contributed by atoms with van der Waals surface area (Å²) < 4.78 is 171. The molecule has 5 heteroatoms. The zero-order valence-electron chi connectivity index (χ0n) is 55.3. The molecule has 66 heavy (non-hydrogen) atoms. The minimum absolute atomic E-state index is 0. The first-order valence-corrected chi connectivity index (χ1v) is 20.9. The van der Waals surface area contributed by atoms with E-state index in [4.69, 9.17) is 25.5 Å². The number of para-hydroxylation sites is 3. The predicted molar refractivity (Wildman–Crippen MR) is 271 cm³/mol. The molecule has 0 bridgehead atoms. The Morgan fingerprint density at radius 1 is 0.545 bits per heavy atom. The van der Waals surface area contributed by atoms with Gasteiger partial charge in [0.2, 0.25) is 0 Å². The van der Waals surface area contributed by atoms with Gasteiger partial charge in [-0.25, -0.2) is 4.98 Å². The van der Waals surface area contributed by atoms with Crippen molar-refractivity contribution in [2.24, 2.45) is 0 Å². The molecule has 11 rings (SSSR count). The first kappa shape index (κ1) is 26.2. The van der Waals surface area contributed by atoms with Crippen LogP contribution in [-0.4, -0.2) is 9.55 Å². The van der Waals surface area contributed by atoms with Gasteiger partial charge in [-0.05, 0) is 86.5 Å². The van der Waals surface area contributed by atoms with Crippen LogP contribution in [0.2, 0.25) is 0 Å². The molecule has 2 aromatic heterocycles. The van der Waals surface area contributed by atoms with E-state index >= 15 is 0 Å². The van der Waals surface area contributed by atoms with Gasteiger partial charge in [-0.2, -0.15) is 53.6 Å². The van der Waals surface area contributed by atoms with Crippen LogP contribution < -0.4 is 9.80 Å². The van der Waals surface area contributed by atoms with Crippen molar-refractivity contribution in [1.29, 1.82) is 0 Å². The summed E-state index contributed by atoms with van der Waals surface area (Å²) in [7, 11) is 0. The van der Waals surface area contributed by atoms with E-state index in [9.17, 15) is 5.48 Å². The Hall–Kier alpha value is -7.00. The summed E-state index contributed by atoms with van der Waals surface area (Å²) >= 11 is 0. The van der Waals surface area contributed by atoms with E-state index < -0.39 is 113 Å². The average Bonchev–Trinajstić information content (AvgIpc) is 1.74. The Bertz CT molecular complexity index is 4340. The standard InChI is InChI=1S/C61H49N4.Pt/c1-60(2,3)46-34-35-62-58(40-46)65-54-29-16-15-28-50(54)51-33-32-48(39-57(51)65)61(4,5)47-26-19-27-49(38-47)63-41-64(56-31-18-17-30-55(56)63)59-52(43-22-11-7-12-23-43)36-45(42-20-9-6-10-21-42)37-53(59)44-24-13-8-14-25-44;/h6-37,40-41H,1-5H3;/q-3;/i6D,7D,8D,9D,10D,11D,12D,13D,14D,15D,16D,20D,21D,22D,23D,24D,25D,28D,29D;. The van der Waals surface area contributed by atoms with Gasteiger partial charge in [0.1, 0.15) is 5.82 Å². The fourth-order valence-corrected chi connectivity index (χ4v) is 8.41. The molecule has 0 saturated heterocycles. The molecule has 10 aromatic rings. The number of aromatic nitrogens is 2. The number of anilines is 4. The van der Waals surface area contributed by atoms with Crippen LogP contribution in [0, 0.1) is 18.8 Å². The fourth-order valence-electron chi connectivity index (χ4n) is 8.41. The van der Waals surface area contributed by atoms with E-state index in [0.717, 1.165) is 5.56 Å². The summed E-state index contributed by atoms with van der Waals surface area (Å²) in [5.41, 5.74) is 1.41. The van der Waals surface area contributed by atoms with Crippen LogP contribution in [0.1, 0.15) is 77.4 Å². The number of hydrogen-bond donors (Lipinski definition) is 0. The molecule has 326 valence electrons. The molecule has 0 radical (unpaired) electrons. The fraction of sp³-hybridized carbons (Fsp3) is 0.115. The molecule has 4 nitrogen and oxygen atoms in total. The Balaban J connectivity index is 0.00000803. The summed E-state index contributed by atoms with van der Waals surface area (Å²) in [5.74, 6) is 0.438. The van der Waals surface area contributed by atoms with Crippen molar-refractivity contribution in [1.82, 2.24) is 9.55 Å². The molecular formula is C61H49N4Pt-3. The van der Waals surface area contributed by atoms with E-state index in [1.165, 1.54) is 12.1 Å². The molecule has 0 N–H and O–H groups in total. The van der Waals surface area contributed by atoms with Gasteiger partial charge in [-0.1, -0.05) is 161 Å². The monoisotopic (exact) mass is 1050 g/mol. The van der Waals surface area contributed by atoms with Crippen molar-refractivity contribution in [3.8, 4) is 39.2 Å². The topological polar surface area (TPSA) is 24.3 Å². The van der Waals surface area contributed by atoms with Crippen molar-refractivity contribution < 1.29 is 47.1 Å². The van der Waals surface area contributed by atoms with E-state index in [1.54, 1.807) is 57.6 Å². The molecule has 0 amide bonds. The molecule has 1 aliphatic heterocycles. The van der Waals surface area contributed by atoms with Crippen molar-refractivity contribution in [3.05, 3.63) is 235 Å². The van der Waals surface area contributed by atoms with Crippen LogP contribution in [-0.2, 0) is 31.9 Å². The van der Waals surface area contributed by atoms with Crippen LogP contribution in [0.3, 0.4) is 0 Å². The van der Waals surface area contributed by atoms with E-state index in [-0.39, 0.29) is 78.1 Å². The van der Waals surface area contributed by atoms with Gasteiger partial charge in [0.05, 0.1) is 26.0 Å². The van der Waals surface area contributed by atoms with Gasteiger partial charge in [0.15, 0.2) is 0 Å². The smallest absolute Gasteiger partial charge is 0.135 e. The van der Waals surface area contributed by atoms with Crippen molar-refractivity contribution in [3.63, 3.8) is 0 Å². The van der Waals surface area contributed by atoms with Gasteiger partial charge in [-0.3, -0.25) is 0 Å². The van der Waals surface area contributed by atoms with Crippen LogP contribution in [0.5, 0.6) is 0 Å². The number of benzene rings is 8. The van der Waals surface area contributed by atoms with Gasteiger partial charge in [0.25, 0.3) is 0 Å². The predicted octanol–water partition coefficient (Wildman–Crippen LogP) is 15.8. The van der Waals surface area contributed by atoms with Gasteiger partial charge in [0, 0.05) is 61.0 Å². The zero-order valence-corrected chi connectivity index (χ0v) is 38.5. The zero-order chi connectivity index (χ0) is 60.8. The quantitative estimate of drug-likeness (QED) is 0.142. The Kier molecular flexibility index (Phi) is 6.79. The molecule has 0 atom stereocenters. The van der Waals surface area contributed by atoms with Crippen LogP contribution in [0.15, 0.2) is 200 Å². The van der Waals surface area contributed by atoms with Crippen LogP contribution in [0.4, 0.5) is 22.7 Å². The van der Waals surface area contributed by atoms with Crippen molar-refractivity contribution in [2.75, 3.05) is 9.80 Å². The maximum atomic E-state index is 9.35. The first-order valence-electron chi connectivity index (χ1n) is 30.4. The second-order valence-corrected chi connectivity index (χ2v) is 17.2. The molecule has 0 aliphatic carbocycles. The molecule has 1 aliphatic rings. The normalized spacial score (nSPS) is 16.7. The number of rotatable bonds is 8. The van der Waals surface area contributed by atoms with Crippen LogP contribution >= 0.6 is 0 Å². The maximum Gasteiger partial charge on any atom is 0.135 e. The SMILES string of the molecule is [2H]c1c([2H])c([2H])c(-c2cc(-c3c([2H])c([2H])c([2H])c([2H])c3[2H])c(N3[CH-]N(c4[c-]c(C(C)(C)c5[c-]c6c(cc5)c5c([2H])c([2H])c([2H])c([2H])c5n6-c5cc(C(C)(C)C)ccn5)ccc4)c4ccccc43)c(-c3c([2H])c([2H])c([2H])c([2H])c3[2H])c2)c([2H])c1[2H].[Pt]. The number of nitrogens with zero attached hydrogens (tertiary/aromatic N) is 4. The van der Waals surface area contributed by atoms with E-state index in [0.29, 0.717) is 50.3 Å². The Morgan fingerprint density at radius 3 is 1.79 bits per heavy atom. The summed E-state index contributed by atoms with van der Waals surface area (Å²) in [6, 6.07) is 18.2. The summed E-state index contributed by atoms with van der Waals surface area (Å²) in [6.07, 6.45) is 1.68. The molecule has 0 unspecified atom stereocenters. The number of pyridine rings is 1. The molecular weight excluding hydrogens is 984 g/mol. The summed E-state index contributed by atoms with van der Waals surface area (Å²) in [6.45, 7) is 11.8. The van der Waals surface area contributed by atoms with Crippen LogP contribution in [0.25, 0.3) is 61.0 Å². The van der Waals surface area contributed by atoms with Crippen molar-refractivity contribution in [2.45, 2.75) is 45.4 Å². The second kappa shape index (κ2) is 17.1. The van der Waals surface area contributed by atoms with E-state index in [1.807, 2.05) is 50.2 Å². The third-order valence-corrected chi connectivity index (χ3v) is 11.8. The summed E-state index contributed by atoms with van der Waals surface area (Å²) in [4.78, 5) is 8.11. The third kappa shape index (κ3) is 7.54. The molecule has 3 heterocycles. The average molecular weight is 1050 g/mol.